The summed E-state index contributed by atoms with van der Waals surface area (Å²) >= 11 is 5.89. The molecule has 0 atom stereocenters. The van der Waals surface area contributed by atoms with Crippen LogP contribution in [0.5, 0.6) is 5.75 Å². The van der Waals surface area contributed by atoms with Gasteiger partial charge in [0.1, 0.15) is 24.8 Å². The van der Waals surface area contributed by atoms with Crippen LogP contribution < -0.4 is 4.74 Å². The molecule has 0 aliphatic rings. The number of rotatable bonds is 9. The Morgan fingerprint density at radius 2 is 1.94 bits per heavy atom. The highest BCUT2D eigenvalue weighted by atomic mass is 35.5. The summed E-state index contributed by atoms with van der Waals surface area (Å²) in [5.74, 6) is 0.915. The van der Waals surface area contributed by atoms with E-state index in [-0.39, 0.29) is 30.5 Å². The van der Waals surface area contributed by atoms with Crippen LogP contribution in [0.2, 0.25) is 5.02 Å². The Morgan fingerprint density at radius 3 is 2.65 bits per heavy atom. The van der Waals surface area contributed by atoms with Crippen LogP contribution in [-0.2, 0) is 33.0 Å². The van der Waals surface area contributed by atoms with Crippen LogP contribution in [0, 0.1) is 0 Å². The highest BCUT2D eigenvalue weighted by molar-refractivity contribution is 7.89. The molecule has 0 saturated heterocycles. The lowest BCUT2D eigenvalue weighted by Crippen LogP contribution is -2.22. The monoisotopic (exact) mass is 465 g/mol. The number of aromatic nitrogens is 2. The molecule has 0 bridgehead atoms. The summed E-state index contributed by atoms with van der Waals surface area (Å²) in [5.41, 5.74) is 1.35. The van der Waals surface area contributed by atoms with Crippen molar-refractivity contribution < 1.29 is 22.7 Å². The van der Waals surface area contributed by atoms with E-state index in [1.807, 2.05) is 11.6 Å². The molecule has 0 spiro atoms. The Hall–Kier alpha value is -2.62. The first kappa shape index (κ1) is 23.1. The number of imidazole rings is 1. The highest BCUT2D eigenvalue weighted by Crippen LogP contribution is 2.22. The van der Waals surface area contributed by atoms with Gasteiger partial charge in [-0.15, -0.1) is 0 Å². The SMILES string of the molecule is CN(C)S(=O)(=O)c1ccc2c(c1)nc(CCC(=O)OCCOc1cccc(Cl)c1)n2C. The summed E-state index contributed by atoms with van der Waals surface area (Å²) < 4.78 is 38.3. The van der Waals surface area contributed by atoms with Crippen molar-refractivity contribution in [3.63, 3.8) is 0 Å². The smallest absolute Gasteiger partial charge is 0.306 e. The largest absolute Gasteiger partial charge is 0.490 e. The van der Waals surface area contributed by atoms with E-state index < -0.39 is 10.0 Å². The molecule has 3 rings (SSSR count). The number of carbonyl (C=O) groups excluding carboxylic acids is 1. The Labute approximate surface area is 186 Å². The molecule has 0 amide bonds. The predicted molar refractivity (Wildman–Crippen MR) is 118 cm³/mol. The molecule has 0 N–H and O–H groups in total. The van der Waals surface area contributed by atoms with Gasteiger partial charge in [-0.2, -0.15) is 0 Å². The Kier molecular flexibility index (Phi) is 7.19. The molecule has 31 heavy (non-hydrogen) atoms. The average molecular weight is 466 g/mol. The van der Waals surface area contributed by atoms with E-state index >= 15 is 0 Å². The van der Waals surface area contributed by atoms with Crippen LogP contribution in [0.4, 0.5) is 0 Å². The van der Waals surface area contributed by atoms with Gasteiger partial charge in [0.25, 0.3) is 0 Å². The number of hydrogen-bond acceptors (Lipinski definition) is 6. The Morgan fingerprint density at radius 1 is 1.16 bits per heavy atom. The number of sulfonamides is 1. The maximum absolute atomic E-state index is 12.3. The normalized spacial score (nSPS) is 11.8. The van der Waals surface area contributed by atoms with Crippen LogP contribution in [-0.4, -0.2) is 55.6 Å². The number of fused-ring (bicyclic) bond motifs is 1. The van der Waals surface area contributed by atoms with Gasteiger partial charge in [-0.1, -0.05) is 17.7 Å². The third-order valence-corrected chi connectivity index (χ3v) is 6.73. The molecular weight excluding hydrogens is 442 g/mol. The molecule has 3 aromatic rings. The summed E-state index contributed by atoms with van der Waals surface area (Å²) in [7, 11) is 1.25. The molecule has 8 nitrogen and oxygen atoms in total. The van der Waals surface area contributed by atoms with E-state index in [4.69, 9.17) is 21.1 Å². The fourth-order valence-corrected chi connectivity index (χ4v) is 4.08. The maximum atomic E-state index is 12.3. The first-order valence-electron chi connectivity index (χ1n) is 9.60. The molecule has 1 heterocycles. The van der Waals surface area contributed by atoms with E-state index in [9.17, 15) is 13.2 Å². The summed E-state index contributed by atoms with van der Waals surface area (Å²) in [6, 6.07) is 11.8. The zero-order chi connectivity index (χ0) is 22.6. The maximum Gasteiger partial charge on any atom is 0.306 e. The standard InChI is InChI=1S/C21H24ClN3O5S/c1-24(2)31(27,28)17-7-8-19-18(14-17)23-20(25(19)3)9-10-21(26)30-12-11-29-16-6-4-5-15(22)13-16/h4-8,13-14H,9-12H2,1-3H3. The van der Waals surface area contributed by atoms with Gasteiger partial charge in [-0.05, 0) is 36.4 Å². The Bertz CT molecular complexity index is 1190. The molecule has 0 radical (unpaired) electrons. The number of hydrogen-bond donors (Lipinski definition) is 0. The lowest BCUT2D eigenvalue weighted by molar-refractivity contribution is -0.144. The second kappa shape index (κ2) is 9.67. The van der Waals surface area contributed by atoms with Crippen molar-refractivity contribution in [2.75, 3.05) is 27.3 Å². The minimum Gasteiger partial charge on any atom is -0.490 e. The van der Waals surface area contributed by atoms with Crippen molar-refractivity contribution in [2.45, 2.75) is 17.7 Å². The van der Waals surface area contributed by atoms with Gasteiger partial charge in [0.15, 0.2) is 0 Å². The van der Waals surface area contributed by atoms with Gasteiger partial charge >= 0.3 is 5.97 Å². The van der Waals surface area contributed by atoms with Crippen molar-refractivity contribution >= 4 is 38.6 Å². The van der Waals surface area contributed by atoms with Crippen LogP contribution in [0.3, 0.4) is 0 Å². The van der Waals surface area contributed by atoms with E-state index in [0.29, 0.717) is 28.5 Å². The van der Waals surface area contributed by atoms with E-state index in [1.54, 1.807) is 42.5 Å². The van der Waals surface area contributed by atoms with Crippen molar-refractivity contribution in [3.05, 3.63) is 53.3 Å². The number of aryl methyl sites for hydroxylation is 2. The molecule has 0 fully saturated rings. The van der Waals surface area contributed by atoms with Crippen LogP contribution in [0.15, 0.2) is 47.4 Å². The Balaban J connectivity index is 1.55. The number of halogens is 1. The van der Waals surface area contributed by atoms with Crippen molar-refractivity contribution in [2.24, 2.45) is 7.05 Å². The number of ether oxygens (including phenoxy) is 2. The van der Waals surface area contributed by atoms with Crippen molar-refractivity contribution in [1.29, 1.82) is 0 Å². The van der Waals surface area contributed by atoms with Crippen LogP contribution in [0.25, 0.3) is 11.0 Å². The lowest BCUT2D eigenvalue weighted by Gasteiger charge is -2.10. The molecule has 166 valence electrons. The molecule has 10 heteroatoms. The van der Waals surface area contributed by atoms with Crippen LogP contribution >= 0.6 is 11.6 Å². The predicted octanol–water partition coefficient (Wildman–Crippen LogP) is 3.03. The van der Waals surface area contributed by atoms with Gasteiger partial charge < -0.3 is 14.0 Å². The third kappa shape index (κ3) is 5.55. The van der Waals surface area contributed by atoms with Gasteiger partial charge in [0.05, 0.1) is 22.3 Å². The summed E-state index contributed by atoms with van der Waals surface area (Å²) in [6.45, 7) is 0.348. The number of esters is 1. The highest BCUT2D eigenvalue weighted by Gasteiger charge is 2.19. The van der Waals surface area contributed by atoms with Crippen molar-refractivity contribution in [1.82, 2.24) is 13.9 Å². The average Bonchev–Trinajstić information content (AvgIpc) is 3.04. The quantitative estimate of drug-likeness (QED) is 0.356. The van der Waals surface area contributed by atoms with Gasteiger partial charge in [-0.25, -0.2) is 17.7 Å². The fourth-order valence-electron chi connectivity index (χ4n) is 2.98. The molecule has 0 saturated carbocycles. The first-order valence-corrected chi connectivity index (χ1v) is 11.4. The molecular formula is C21H24ClN3O5S. The van der Waals surface area contributed by atoms with Crippen LogP contribution in [0.1, 0.15) is 12.2 Å². The second-order valence-corrected chi connectivity index (χ2v) is 9.64. The van der Waals surface area contributed by atoms with Gasteiger partial charge in [0.2, 0.25) is 10.0 Å². The summed E-state index contributed by atoms with van der Waals surface area (Å²) in [6.07, 6.45) is 0.520. The molecule has 0 aliphatic carbocycles. The minimum atomic E-state index is -3.54. The van der Waals surface area contributed by atoms with Gasteiger partial charge in [0, 0.05) is 32.6 Å². The summed E-state index contributed by atoms with van der Waals surface area (Å²) in [4.78, 5) is 16.7. The van der Waals surface area contributed by atoms with Gasteiger partial charge in [-0.3, -0.25) is 4.79 Å². The molecule has 1 aromatic heterocycles. The second-order valence-electron chi connectivity index (χ2n) is 7.05. The zero-order valence-electron chi connectivity index (χ0n) is 17.5. The van der Waals surface area contributed by atoms with Crippen molar-refractivity contribution in [3.8, 4) is 5.75 Å². The number of benzene rings is 2. The third-order valence-electron chi connectivity index (χ3n) is 4.69. The molecule has 0 unspecified atom stereocenters. The molecule has 0 aliphatic heterocycles. The molecule has 2 aromatic carbocycles. The van der Waals surface area contributed by atoms with E-state index in [0.717, 1.165) is 9.82 Å². The zero-order valence-corrected chi connectivity index (χ0v) is 19.1. The number of nitrogens with zero attached hydrogens (tertiary/aromatic N) is 3. The summed E-state index contributed by atoms with van der Waals surface area (Å²) in [5, 5.41) is 0.573. The minimum absolute atomic E-state index is 0.125. The lowest BCUT2D eigenvalue weighted by atomic mass is 10.3. The first-order chi connectivity index (χ1) is 14.7. The number of carbonyl (C=O) groups is 1. The van der Waals surface area contributed by atoms with E-state index in [1.165, 1.54) is 14.1 Å². The van der Waals surface area contributed by atoms with E-state index in [2.05, 4.69) is 4.98 Å². The topological polar surface area (TPSA) is 90.7 Å². The fraction of sp³-hybridized carbons (Fsp3) is 0.333.